The Morgan fingerprint density at radius 1 is 1.13 bits per heavy atom. The van der Waals surface area contributed by atoms with E-state index in [4.69, 9.17) is 9.37 Å². The van der Waals surface area contributed by atoms with Crippen LogP contribution in [0.15, 0.2) is 71.9 Å². The van der Waals surface area contributed by atoms with Gasteiger partial charge in [0.25, 0.3) is 5.91 Å². The predicted molar refractivity (Wildman–Crippen MR) is 116 cm³/mol. The zero-order valence-corrected chi connectivity index (χ0v) is 17.0. The van der Waals surface area contributed by atoms with E-state index in [0.717, 1.165) is 21.0 Å². The molecule has 4 rings (SSSR count). The Balaban J connectivity index is 1.58. The van der Waals surface area contributed by atoms with Crippen molar-refractivity contribution in [2.75, 3.05) is 11.9 Å². The van der Waals surface area contributed by atoms with E-state index >= 15 is 0 Å². The molecule has 4 aromatic rings. The van der Waals surface area contributed by atoms with Gasteiger partial charge in [0.15, 0.2) is 5.69 Å². The van der Waals surface area contributed by atoms with E-state index in [1.54, 1.807) is 18.2 Å². The number of nitrogens with one attached hydrogen (secondary N) is 1. The monoisotopic (exact) mass is 418 g/mol. The van der Waals surface area contributed by atoms with E-state index in [9.17, 15) is 4.79 Å². The molecule has 0 spiro atoms. The van der Waals surface area contributed by atoms with Crippen LogP contribution in [0.4, 0.5) is 5.82 Å². The van der Waals surface area contributed by atoms with Crippen molar-refractivity contribution in [1.82, 2.24) is 15.3 Å². The number of ether oxygens (including phenoxy) is 1. The van der Waals surface area contributed by atoms with Gasteiger partial charge in [0.1, 0.15) is 18.1 Å². The number of anilines is 1. The van der Waals surface area contributed by atoms with Gasteiger partial charge in [0, 0.05) is 5.56 Å². The van der Waals surface area contributed by atoms with Gasteiger partial charge in [-0.05, 0) is 47.1 Å². The fourth-order valence-electron chi connectivity index (χ4n) is 2.86. The third-order valence-corrected chi connectivity index (χ3v) is 5.22. The van der Waals surface area contributed by atoms with Crippen molar-refractivity contribution >= 4 is 23.1 Å². The standard InChI is InChI=1S/C22H18N4O3S/c1-3-13-28-17-11-9-15(10-12-17)18-21(26-29-25-18)24-22(27)19-20(30-14(2)23-19)16-7-5-4-6-8-16/h3-12H,1,13H2,2H3,(H,24,26,27). The average molecular weight is 418 g/mol. The Kier molecular flexibility index (Phi) is 5.67. The molecule has 0 aliphatic heterocycles. The normalized spacial score (nSPS) is 10.6. The number of carbonyl (C=O) groups excluding carboxylic acids is 1. The first-order valence-corrected chi connectivity index (χ1v) is 9.98. The maximum atomic E-state index is 13.0. The third-order valence-electron chi connectivity index (χ3n) is 4.20. The number of benzene rings is 2. The molecule has 0 aliphatic rings. The zero-order valence-electron chi connectivity index (χ0n) is 16.2. The second-order valence-corrected chi connectivity index (χ2v) is 7.52. The lowest BCUT2D eigenvalue weighted by atomic mass is 10.1. The Morgan fingerprint density at radius 3 is 2.63 bits per heavy atom. The minimum absolute atomic E-state index is 0.226. The number of thiazole rings is 1. The van der Waals surface area contributed by atoms with E-state index < -0.39 is 0 Å². The number of hydrogen-bond donors (Lipinski definition) is 1. The molecule has 0 unspecified atom stereocenters. The molecule has 2 aromatic heterocycles. The molecule has 0 aliphatic carbocycles. The zero-order chi connectivity index (χ0) is 20.9. The van der Waals surface area contributed by atoms with Crippen LogP contribution < -0.4 is 10.1 Å². The van der Waals surface area contributed by atoms with E-state index in [-0.39, 0.29) is 11.7 Å². The van der Waals surface area contributed by atoms with Crippen LogP contribution in [-0.2, 0) is 0 Å². The molecule has 1 amide bonds. The Bertz CT molecular complexity index is 1170. The fourth-order valence-corrected chi connectivity index (χ4v) is 3.78. The first-order chi connectivity index (χ1) is 14.7. The van der Waals surface area contributed by atoms with Gasteiger partial charge in [-0.25, -0.2) is 9.61 Å². The molecule has 7 nitrogen and oxygen atoms in total. The summed E-state index contributed by atoms with van der Waals surface area (Å²) < 4.78 is 10.4. The number of aromatic nitrogens is 3. The lowest BCUT2D eigenvalue weighted by molar-refractivity contribution is 0.102. The lowest BCUT2D eigenvalue weighted by Gasteiger charge is -2.05. The van der Waals surface area contributed by atoms with Gasteiger partial charge >= 0.3 is 0 Å². The summed E-state index contributed by atoms with van der Waals surface area (Å²) in [6.45, 7) is 5.91. The molecular weight excluding hydrogens is 400 g/mol. The van der Waals surface area contributed by atoms with E-state index in [1.165, 1.54) is 11.3 Å². The highest BCUT2D eigenvalue weighted by molar-refractivity contribution is 7.15. The van der Waals surface area contributed by atoms with Gasteiger partial charge in [0.05, 0.1) is 9.88 Å². The van der Waals surface area contributed by atoms with Crippen molar-refractivity contribution in [3.63, 3.8) is 0 Å². The number of nitrogens with zero attached hydrogens (tertiary/aromatic N) is 3. The third kappa shape index (κ3) is 4.13. The minimum Gasteiger partial charge on any atom is -0.490 e. The Hall–Kier alpha value is -3.78. The van der Waals surface area contributed by atoms with E-state index in [2.05, 4.69) is 27.2 Å². The second kappa shape index (κ2) is 8.71. The number of rotatable bonds is 7. The molecule has 2 aromatic carbocycles. The largest absolute Gasteiger partial charge is 0.490 e. The summed E-state index contributed by atoms with van der Waals surface area (Å²) in [7, 11) is 0. The summed E-state index contributed by atoms with van der Waals surface area (Å²) >= 11 is 1.46. The SMILES string of the molecule is C=CCOc1ccc(-c2nonc2NC(=O)c2nc(C)sc2-c2ccccc2)cc1. The summed E-state index contributed by atoms with van der Waals surface area (Å²) in [6.07, 6.45) is 1.67. The smallest absolute Gasteiger partial charge is 0.277 e. The summed E-state index contributed by atoms with van der Waals surface area (Å²) in [5.74, 6) is 0.552. The molecule has 0 radical (unpaired) electrons. The van der Waals surface area contributed by atoms with Crippen LogP contribution in [0, 0.1) is 6.92 Å². The predicted octanol–water partition coefficient (Wildman–Crippen LogP) is 4.99. The van der Waals surface area contributed by atoms with Crippen molar-refractivity contribution in [2.45, 2.75) is 6.92 Å². The molecule has 1 N–H and O–H groups in total. The molecule has 0 atom stereocenters. The average Bonchev–Trinajstić information content (AvgIpc) is 3.40. The maximum absolute atomic E-state index is 13.0. The molecule has 0 fully saturated rings. The van der Waals surface area contributed by atoms with Gasteiger partial charge in [-0.1, -0.05) is 43.0 Å². The molecule has 30 heavy (non-hydrogen) atoms. The van der Waals surface area contributed by atoms with Gasteiger partial charge in [-0.3, -0.25) is 4.79 Å². The van der Waals surface area contributed by atoms with E-state index in [1.807, 2.05) is 49.4 Å². The van der Waals surface area contributed by atoms with Crippen molar-refractivity contribution in [3.8, 4) is 27.4 Å². The van der Waals surface area contributed by atoms with Crippen LogP contribution in [0.2, 0.25) is 0 Å². The van der Waals surface area contributed by atoms with Crippen LogP contribution in [0.5, 0.6) is 5.75 Å². The van der Waals surface area contributed by atoms with Gasteiger partial charge in [0.2, 0.25) is 5.82 Å². The van der Waals surface area contributed by atoms with Crippen molar-refractivity contribution < 1.29 is 14.2 Å². The van der Waals surface area contributed by atoms with Crippen LogP contribution in [-0.4, -0.2) is 27.8 Å². The molecule has 0 saturated heterocycles. The number of aryl methyl sites for hydroxylation is 1. The lowest BCUT2D eigenvalue weighted by Crippen LogP contribution is -2.14. The fraction of sp³-hybridized carbons (Fsp3) is 0.0909. The van der Waals surface area contributed by atoms with Crippen molar-refractivity contribution in [1.29, 1.82) is 0 Å². The molecule has 2 heterocycles. The Labute approximate surface area is 177 Å². The van der Waals surface area contributed by atoms with Gasteiger partial charge < -0.3 is 10.1 Å². The second-order valence-electron chi connectivity index (χ2n) is 6.32. The molecule has 150 valence electrons. The quantitative estimate of drug-likeness (QED) is 0.426. The highest BCUT2D eigenvalue weighted by atomic mass is 32.1. The summed E-state index contributed by atoms with van der Waals surface area (Å²) in [6, 6.07) is 16.9. The molecule has 0 saturated carbocycles. The summed E-state index contributed by atoms with van der Waals surface area (Å²) in [5, 5.41) is 11.4. The van der Waals surface area contributed by atoms with Crippen LogP contribution in [0.3, 0.4) is 0 Å². The summed E-state index contributed by atoms with van der Waals surface area (Å²) in [5.41, 5.74) is 2.43. The highest BCUT2D eigenvalue weighted by Gasteiger charge is 2.22. The first kappa shape index (κ1) is 19.5. The topological polar surface area (TPSA) is 90.1 Å². The minimum atomic E-state index is -0.374. The van der Waals surface area contributed by atoms with Crippen molar-refractivity contribution in [3.05, 3.63) is 78.0 Å². The number of hydrogen-bond acceptors (Lipinski definition) is 7. The molecule has 0 bridgehead atoms. The molecular formula is C22H18N4O3S. The van der Waals surface area contributed by atoms with Crippen LogP contribution in [0.1, 0.15) is 15.5 Å². The molecule has 8 heteroatoms. The number of amides is 1. The van der Waals surface area contributed by atoms with Gasteiger partial charge in [-0.2, -0.15) is 0 Å². The van der Waals surface area contributed by atoms with E-state index in [0.29, 0.717) is 23.7 Å². The number of carbonyl (C=O) groups is 1. The highest BCUT2D eigenvalue weighted by Crippen LogP contribution is 2.31. The first-order valence-electron chi connectivity index (χ1n) is 9.16. The Morgan fingerprint density at radius 2 is 1.90 bits per heavy atom. The van der Waals surface area contributed by atoms with Gasteiger partial charge in [-0.15, -0.1) is 11.3 Å². The van der Waals surface area contributed by atoms with Crippen LogP contribution >= 0.6 is 11.3 Å². The van der Waals surface area contributed by atoms with Crippen LogP contribution in [0.25, 0.3) is 21.7 Å². The van der Waals surface area contributed by atoms with Crippen molar-refractivity contribution in [2.24, 2.45) is 0 Å². The maximum Gasteiger partial charge on any atom is 0.277 e. The summed E-state index contributed by atoms with van der Waals surface area (Å²) in [4.78, 5) is 18.2.